The molecule has 3 aromatic rings. The third-order valence-corrected chi connectivity index (χ3v) is 8.66. The van der Waals surface area contributed by atoms with Gasteiger partial charge in [0.2, 0.25) is 11.8 Å². The second kappa shape index (κ2) is 14.9. The molecular weight excluding hydrogens is 578 g/mol. The fourth-order valence-electron chi connectivity index (χ4n) is 4.28. The Kier molecular flexibility index (Phi) is 11.6. The van der Waals surface area contributed by atoms with Gasteiger partial charge < -0.3 is 19.7 Å². The number of hydrogen-bond acceptors (Lipinski definition) is 6. The van der Waals surface area contributed by atoms with E-state index in [0.717, 1.165) is 9.87 Å². The standard InChI is InChI=1S/C31H38ClN3O6S/c1-6-29(31(37)33-19-22(2)3)34(20-23-7-13-26(40-4)14-8-23)30(36)21-35(25-11-9-24(32)10-12-25)42(38,39)28-17-15-27(41-5)16-18-28/h7-18,22,29H,6,19-21H2,1-5H3,(H,33,37)/t29-/m1/s1. The Bertz CT molecular complexity index is 1430. The first kappa shape index (κ1) is 32.8. The molecule has 0 fully saturated rings. The lowest BCUT2D eigenvalue weighted by Crippen LogP contribution is -2.52. The zero-order valence-electron chi connectivity index (χ0n) is 24.5. The van der Waals surface area contributed by atoms with Gasteiger partial charge in [0.15, 0.2) is 0 Å². The molecule has 0 saturated carbocycles. The van der Waals surface area contributed by atoms with Crippen molar-refractivity contribution in [3.05, 3.63) is 83.4 Å². The van der Waals surface area contributed by atoms with E-state index in [2.05, 4.69) is 5.32 Å². The van der Waals surface area contributed by atoms with Crippen molar-refractivity contribution in [1.82, 2.24) is 10.2 Å². The van der Waals surface area contributed by atoms with Crippen molar-refractivity contribution in [3.8, 4) is 11.5 Å². The Balaban J connectivity index is 2.04. The van der Waals surface area contributed by atoms with E-state index in [1.807, 2.05) is 32.9 Å². The number of methoxy groups -OCH3 is 2. The van der Waals surface area contributed by atoms with E-state index >= 15 is 0 Å². The molecule has 3 aromatic carbocycles. The van der Waals surface area contributed by atoms with Gasteiger partial charge in [0.1, 0.15) is 24.1 Å². The highest BCUT2D eigenvalue weighted by Gasteiger charge is 2.33. The second-order valence-corrected chi connectivity index (χ2v) is 12.4. The maximum Gasteiger partial charge on any atom is 0.264 e. The summed E-state index contributed by atoms with van der Waals surface area (Å²) in [5.74, 6) is 0.519. The number of sulfonamides is 1. The predicted octanol–water partition coefficient (Wildman–Crippen LogP) is 5.13. The van der Waals surface area contributed by atoms with Gasteiger partial charge in [-0.3, -0.25) is 13.9 Å². The molecule has 0 spiro atoms. The third-order valence-electron chi connectivity index (χ3n) is 6.62. The quantitative estimate of drug-likeness (QED) is 0.270. The average molecular weight is 616 g/mol. The number of benzene rings is 3. The maximum atomic E-state index is 14.1. The van der Waals surface area contributed by atoms with E-state index in [9.17, 15) is 18.0 Å². The van der Waals surface area contributed by atoms with Crippen molar-refractivity contribution in [1.29, 1.82) is 0 Å². The van der Waals surface area contributed by atoms with Crippen molar-refractivity contribution in [2.45, 2.75) is 44.7 Å². The van der Waals surface area contributed by atoms with Crippen LogP contribution in [0.1, 0.15) is 32.8 Å². The van der Waals surface area contributed by atoms with Crippen molar-refractivity contribution < 1.29 is 27.5 Å². The lowest BCUT2D eigenvalue weighted by atomic mass is 10.1. The van der Waals surface area contributed by atoms with E-state index in [-0.39, 0.29) is 29.0 Å². The first-order valence-corrected chi connectivity index (χ1v) is 15.4. The summed E-state index contributed by atoms with van der Waals surface area (Å²) in [6.07, 6.45) is 0.331. The molecule has 3 rings (SSSR count). The van der Waals surface area contributed by atoms with Crippen LogP contribution in [-0.4, -0.2) is 58.5 Å². The molecular formula is C31H38ClN3O6S. The SMILES string of the molecule is CC[C@H](C(=O)NCC(C)C)N(Cc1ccc(OC)cc1)C(=O)CN(c1ccc(Cl)cc1)S(=O)(=O)c1ccc(OC)cc1. The number of rotatable bonds is 14. The Morgan fingerprint density at radius 1 is 0.881 bits per heavy atom. The topological polar surface area (TPSA) is 105 Å². The highest BCUT2D eigenvalue weighted by atomic mass is 35.5. The van der Waals surface area contributed by atoms with Gasteiger partial charge in [0.05, 0.1) is 24.8 Å². The molecule has 0 aliphatic rings. The largest absolute Gasteiger partial charge is 0.497 e. The van der Waals surface area contributed by atoms with E-state index in [4.69, 9.17) is 21.1 Å². The molecule has 1 N–H and O–H groups in total. The van der Waals surface area contributed by atoms with E-state index in [1.54, 1.807) is 31.4 Å². The predicted molar refractivity (Wildman–Crippen MR) is 164 cm³/mol. The fraction of sp³-hybridized carbons (Fsp3) is 0.355. The van der Waals surface area contributed by atoms with E-state index in [1.165, 1.54) is 48.4 Å². The third kappa shape index (κ3) is 8.39. The number of anilines is 1. The number of halogens is 1. The Labute approximate surface area is 253 Å². The van der Waals surface area contributed by atoms with Crippen molar-refractivity contribution in [2.24, 2.45) is 5.92 Å². The van der Waals surface area contributed by atoms with Crippen LogP contribution in [0.3, 0.4) is 0 Å². The van der Waals surface area contributed by atoms with Crippen LogP contribution in [-0.2, 0) is 26.2 Å². The van der Waals surface area contributed by atoms with Crippen LogP contribution < -0.4 is 19.1 Å². The lowest BCUT2D eigenvalue weighted by molar-refractivity contribution is -0.140. The number of nitrogens with zero attached hydrogens (tertiary/aromatic N) is 2. The molecule has 0 unspecified atom stereocenters. The number of carbonyl (C=O) groups is 2. The molecule has 1 atom stereocenters. The van der Waals surface area contributed by atoms with Crippen LogP contribution in [0.5, 0.6) is 11.5 Å². The monoisotopic (exact) mass is 615 g/mol. The minimum Gasteiger partial charge on any atom is -0.497 e. The van der Waals surface area contributed by atoms with Crippen molar-refractivity contribution >= 4 is 39.1 Å². The van der Waals surface area contributed by atoms with Crippen LogP contribution in [0.25, 0.3) is 0 Å². The molecule has 0 radical (unpaired) electrons. The fourth-order valence-corrected chi connectivity index (χ4v) is 5.82. The number of hydrogen-bond donors (Lipinski definition) is 1. The molecule has 0 heterocycles. The van der Waals surface area contributed by atoms with E-state index in [0.29, 0.717) is 29.5 Å². The summed E-state index contributed by atoms with van der Waals surface area (Å²) in [6, 6.07) is 18.4. The van der Waals surface area contributed by atoms with Crippen LogP contribution in [0, 0.1) is 5.92 Å². The molecule has 9 nitrogen and oxygen atoms in total. The van der Waals surface area contributed by atoms with Crippen LogP contribution in [0.4, 0.5) is 5.69 Å². The minimum atomic E-state index is -4.21. The Morgan fingerprint density at radius 2 is 1.43 bits per heavy atom. The summed E-state index contributed by atoms with van der Waals surface area (Å²) in [5, 5.41) is 3.34. The summed E-state index contributed by atoms with van der Waals surface area (Å²) in [5.41, 5.74) is 1.01. The smallest absolute Gasteiger partial charge is 0.264 e. The average Bonchev–Trinajstić information content (AvgIpc) is 2.99. The van der Waals surface area contributed by atoms with E-state index < -0.39 is 28.5 Å². The summed E-state index contributed by atoms with van der Waals surface area (Å²) in [6.45, 7) is 5.78. The summed E-state index contributed by atoms with van der Waals surface area (Å²) in [7, 11) is -1.16. The number of carbonyl (C=O) groups excluding carboxylic acids is 2. The van der Waals surface area contributed by atoms with Gasteiger partial charge in [-0.15, -0.1) is 0 Å². The normalized spacial score (nSPS) is 12.0. The number of nitrogens with one attached hydrogen (secondary N) is 1. The molecule has 2 amide bonds. The molecule has 0 aliphatic heterocycles. The van der Waals surface area contributed by atoms with Crippen LogP contribution >= 0.6 is 11.6 Å². The Hall–Kier alpha value is -3.76. The number of ether oxygens (including phenoxy) is 2. The minimum absolute atomic E-state index is 0.0190. The summed E-state index contributed by atoms with van der Waals surface area (Å²) >= 11 is 6.09. The molecule has 42 heavy (non-hydrogen) atoms. The number of amides is 2. The maximum absolute atomic E-state index is 14.1. The zero-order chi connectivity index (χ0) is 30.9. The molecule has 0 aliphatic carbocycles. The molecule has 11 heteroatoms. The van der Waals surface area contributed by atoms with Gasteiger partial charge >= 0.3 is 0 Å². The summed E-state index contributed by atoms with van der Waals surface area (Å²) < 4.78 is 39.3. The van der Waals surface area contributed by atoms with Crippen molar-refractivity contribution in [2.75, 3.05) is 31.6 Å². The van der Waals surface area contributed by atoms with Crippen molar-refractivity contribution in [3.63, 3.8) is 0 Å². The zero-order valence-corrected chi connectivity index (χ0v) is 26.1. The van der Waals surface area contributed by atoms with Crippen LogP contribution in [0.15, 0.2) is 77.7 Å². The van der Waals surface area contributed by atoms with Gasteiger partial charge in [0, 0.05) is 18.1 Å². The second-order valence-electron chi connectivity index (χ2n) is 10.1. The lowest BCUT2D eigenvalue weighted by Gasteiger charge is -2.33. The van der Waals surface area contributed by atoms with Gasteiger partial charge in [0.25, 0.3) is 10.0 Å². The van der Waals surface area contributed by atoms with Gasteiger partial charge in [-0.2, -0.15) is 0 Å². The molecule has 0 aromatic heterocycles. The highest BCUT2D eigenvalue weighted by Crippen LogP contribution is 2.27. The Morgan fingerprint density at radius 3 is 1.93 bits per heavy atom. The first-order valence-electron chi connectivity index (χ1n) is 13.6. The molecule has 226 valence electrons. The van der Waals surface area contributed by atoms with Gasteiger partial charge in [-0.1, -0.05) is 44.5 Å². The van der Waals surface area contributed by atoms with Gasteiger partial charge in [-0.05, 0) is 78.6 Å². The van der Waals surface area contributed by atoms with Gasteiger partial charge in [-0.25, -0.2) is 8.42 Å². The van der Waals surface area contributed by atoms with Crippen LogP contribution in [0.2, 0.25) is 5.02 Å². The summed E-state index contributed by atoms with van der Waals surface area (Å²) in [4.78, 5) is 28.8. The molecule has 0 bridgehead atoms. The first-order chi connectivity index (χ1) is 20.0. The molecule has 0 saturated heterocycles. The highest BCUT2D eigenvalue weighted by molar-refractivity contribution is 7.92.